The molecule has 0 unspecified atom stereocenters. The number of rotatable bonds is 0. The van der Waals surface area contributed by atoms with Gasteiger partial charge in [-0.3, -0.25) is 0 Å². The molecule has 5 heterocycles. The number of fused-ring (bicyclic) bond motifs is 20. The number of nitrogens with zero attached hydrogens (tertiary/aromatic N) is 6. The van der Waals surface area contributed by atoms with Crippen molar-refractivity contribution in [3.63, 3.8) is 0 Å². The molecule has 7 aromatic rings. The molecular formula is C32H18N8OTi. The number of aromatic amines is 2. The molecular weight excluding hydrogens is 560 g/mol. The Morgan fingerprint density at radius 3 is 0.857 bits per heavy atom. The first-order valence-corrected chi connectivity index (χ1v) is 13.8. The van der Waals surface area contributed by atoms with Crippen LogP contribution in [-0.2, 0) is 23.7 Å². The van der Waals surface area contributed by atoms with E-state index in [-0.39, 0.29) is 0 Å². The summed E-state index contributed by atoms with van der Waals surface area (Å²) in [6, 6.07) is 32.2. The van der Waals surface area contributed by atoms with E-state index in [0.29, 0.717) is 45.9 Å². The van der Waals surface area contributed by atoms with Gasteiger partial charge >= 0.3 is 23.7 Å². The molecule has 0 saturated heterocycles. The minimum atomic E-state index is 0.597. The molecule has 196 valence electrons. The largest absolute Gasteiger partial charge is 0.324 e. The normalized spacial score (nSPS) is 11.5. The summed E-state index contributed by atoms with van der Waals surface area (Å²) in [7, 11) is 0. The van der Waals surface area contributed by atoms with E-state index in [4.69, 9.17) is 33.2 Å². The third kappa shape index (κ3) is 3.75. The molecule has 0 aliphatic carbocycles. The van der Waals surface area contributed by atoms with Gasteiger partial charge < -0.3 is 9.97 Å². The summed E-state index contributed by atoms with van der Waals surface area (Å²) in [5.74, 6) is 2.39. The van der Waals surface area contributed by atoms with Gasteiger partial charge in [0.15, 0.2) is 23.3 Å². The smallest absolute Gasteiger partial charge is 0.164 e. The molecule has 2 N–H and O–H groups in total. The fourth-order valence-corrected chi connectivity index (χ4v) is 5.59. The minimum Gasteiger partial charge on any atom is -0.324 e. The Morgan fingerprint density at radius 1 is 0.357 bits per heavy atom. The molecule has 0 fully saturated rings. The number of H-pyrrole nitrogens is 2. The molecule has 0 radical (unpaired) electrons. The van der Waals surface area contributed by atoms with Crippen LogP contribution in [0.1, 0.15) is 0 Å². The number of nitrogens with one attached hydrogen (secondary N) is 2. The van der Waals surface area contributed by atoms with Crippen molar-refractivity contribution in [2.75, 3.05) is 0 Å². The summed E-state index contributed by atoms with van der Waals surface area (Å²) in [5, 5.41) is 3.82. The molecule has 0 saturated carbocycles. The van der Waals surface area contributed by atoms with Crippen LogP contribution in [0.2, 0.25) is 0 Å². The van der Waals surface area contributed by atoms with Crippen LogP contribution in [0.3, 0.4) is 0 Å². The van der Waals surface area contributed by atoms with Gasteiger partial charge in [-0.1, -0.05) is 97.1 Å². The zero-order valence-electron chi connectivity index (χ0n) is 21.8. The first-order valence-electron chi connectivity index (χ1n) is 13.2. The van der Waals surface area contributed by atoms with Gasteiger partial charge in [0, 0.05) is 43.8 Å². The molecule has 9 rings (SSSR count). The summed E-state index contributed by atoms with van der Waals surface area (Å²) in [6.07, 6.45) is 0. The van der Waals surface area contributed by atoms with Crippen LogP contribution >= 0.6 is 0 Å². The summed E-state index contributed by atoms with van der Waals surface area (Å²) in [6.45, 7) is 0. The number of hydrogen-bond acceptors (Lipinski definition) is 7. The van der Waals surface area contributed by atoms with Gasteiger partial charge in [0.25, 0.3) is 0 Å². The second-order valence-electron chi connectivity index (χ2n) is 9.79. The van der Waals surface area contributed by atoms with Gasteiger partial charge in [-0.2, -0.15) is 0 Å². The van der Waals surface area contributed by atoms with Crippen LogP contribution in [-0.4, -0.2) is 39.9 Å². The van der Waals surface area contributed by atoms with Gasteiger partial charge in [-0.25, -0.2) is 29.9 Å². The summed E-state index contributed by atoms with van der Waals surface area (Å²) in [4.78, 5) is 36.8. The molecule has 4 aromatic carbocycles. The van der Waals surface area contributed by atoms with Crippen LogP contribution in [0.15, 0.2) is 97.1 Å². The fourth-order valence-electron chi connectivity index (χ4n) is 5.59. The van der Waals surface area contributed by atoms with Crippen molar-refractivity contribution in [2.45, 2.75) is 0 Å². The molecule has 3 aromatic heterocycles. The van der Waals surface area contributed by atoms with E-state index >= 15 is 0 Å². The van der Waals surface area contributed by atoms with Crippen molar-refractivity contribution in [3.8, 4) is 45.6 Å². The second kappa shape index (κ2) is 9.69. The van der Waals surface area contributed by atoms with Crippen molar-refractivity contribution in [3.05, 3.63) is 97.1 Å². The molecule has 0 amide bonds. The van der Waals surface area contributed by atoms with Crippen LogP contribution in [0.4, 0.5) is 0 Å². The summed E-state index contributed by atoms with van der Waals surface area (Å²) in [5.41, 5.74) is 6.45. The monoisotopic (exact) mass is 578 g/mol. The molecule has 42 heavy (non-hydrogen) atoms. The van der Waals surface area contributed by atoms with Crippen LogP contribution in [0.25, 0.3) is 89.7 Å². The summed E-state index contributed by atoms with van der Waals surface area (Å²) >= 11 is 0.750. The molecule has 10 heteroatoms. The van der Waals surface area contributed by atoms with Crippen molar-refractivity contribution in [1.82, 2.24) is 39.9 Å². The predicted octanol–water partition coefficient (Wildman–Crippen LogP) is 6.75. The average molecular weight is 578 g/mol. The van der Waals surface area contributed by atoms with Crippen molar-refractivity contribution < 1.29 is 23.7 Å². The first kappa shape index (κ1) is 24.5. The maximum atomic E-state index is 8.25. The van der Waals surface area contributed by atoms with Crippen LogP contribution < -0.4 is 0 Å². The van der Waals surface area contributed by atoms with E-state index < -0.39 is 0 Å². The maximum Gasteiger partial charge on any atom is 0.164 e. The van der Waals surface area contributed by atoms with Crippen LogP contribution in [0, 0.1) is 0 Å². The van der Waals surface area contributed by atoms with E-state index in [2.05, 4.69) is 9.97 Å². The summed E-state index contributed by atoms with van der Waals surface area (Å²) < 4.78 is 8.25. The Balaban J connectivity index is 0.00000131. The van der Waals surface area contributed by atoms with E-state index in [1.54, 1.807) is 0 Å². The van der Waals surface area contributed by atoms with Gasteiger partial charge in [0.2, 0.25) is 0 Å². The first-order chi connectivity index (χ1) is 20.8. The standard InChI is InChI=1S/C32H18N8.O.Ti/c1-2-10-18-17(9-1)25-33-26(18)38-28-21-13-5-6-14-22(21)30(35-28)40-32-24-16-8-7-15-23(24)31(36-32)39-29-20-12-4-3-11-19(20)27(34-29)37-25;;/h1-16H,(H2,33,34,35,36,37,38,39,40);;. The fraction of sp³-hybridized carbons (Fsp3) is 0. The average Bonchev–Trinajstić information content (AvgIpc) is 3.78. The van der Waals surface area contributed by atoms with E-state index in [0.717, 1.165) is 64.2 Å². The van der Waals surface area contributed by atoms with E-state index in [1.807, 2.05) is 97.1 Å². The zero-order valence-corrected chi connectivity index (χ0v) is 23.4. The van der Waals surface area contributed by atoms with Crippen LogP contribution in [0.5, 0.6) is 0 Å². The Morgan fingerprint density at radius 2 is 0.595 bits per heavy atom. The quantitative estimate of drug-likeness (QED) is 0.191. The topological polar surface area (TPSA) is 126 Å². The van der Waals surface area contributed by atoms with Crippen molar-refractivity contribution >= 4 is 44.1 Å². The molecule has 0 atom stereocenters. The maximum absolute atomic E-state index is 8.25. The third-order valence-electron chi connectivity index (χ3n) is 7.46. The second-order valence-corrected chi connectivity index (χ2v) is 9.79. The Kier molecular flexibility index (Phi) is 5.66. The van der Waals surface area contributed by atoms with Crippen molar-refractivity contribution in [1.29, 1.82) is 0 Å². The minimum absolute atomic E-state index is 0.597. The predicted molar refractivity (Wildman–Crippen MR) is 157 cm³/mol. The van der Waals surface area contributed by atoms with Gasteiger partial charge in [0.1, 0.15) is 22.6 Å². The Bertz CT molecular complexity index is 2060. The third-order valence-corrected chi connectivity index (χ3v) is 7.46. The molecule has 2 aliphatic heterocycles. The SMILES string of the molecule is [O]=[Ti].c1ccc2c(c1)-c1nc-2nc2[nH]c(nc3nc(nc4[nH]c(n1)c1ccccc41)-c1ccccc1-3)c1ccccc21. The number of benzene rings is 4. The Labute approximate surface area is 249 Å². The van der Waals surface area contributed by atoms with Crippen molar-refractivity contribution in [2.24, 2.45) is 0 Å². The Hall–Kier alpha value is -5.25. The van der Waals surface area contributed by atoms with Gasteiger partial charge in [-0.15, -0.1) is 0 Å². The van der Waals surface area contributed by atoms with E-state index in [1.165, 1.54) is 0 Å². The molecule has 0 spiro atoms. The van der Waals surface area contributed by atoms with E-state index in [9.17, 15) is 0 Å². The number of hydrogen-bond donors (Lipinski definition) is 2. The van der Waals surface area contributed by atoms with Gasteiger partial charge in [-0.05, 0) is 0 Å². The molecule has 8 bridgehead atoms. The zero-order chi connectivity index (χ0) is 28.2. The molecule has 9 nitrogen and oxygen atoms in total. The number of aromatic nitrogens is 8. The molecule has 2 aliphatic rings. The van der Waals surface area contributed by atoms with Gasteiger partial charge in [0.05, 0.1) is 0 Å².